The Balaban J connectivity index is 3.89. The molecule has 0 radical (unpaired) electrons. The van der Waals surface area contributed by atoms with E-state index in [1.165, 1.54) is 0 Å². The summed E-state index contributed by atoms with van der Waals surface area (Å²) in [4.78, 5) is 0. The van der Waals surface area contributed by atoms with Gasteiger partial charge in [-0.2, -0.15) is 0 Å². The third-order valence-electron chi connectivity index (χ3n) is 0.901. The van der Waals surface area contributed by atoms with Crippen molar-refractivity contribution in [1.82, 2.24) is 0 Å². The second kappa shape index (κ2) is 3.87. The van der Waals surface area contributed by atoms with E-state index in [2.05, 4.69) is 68.9 Å². The van der Waals surface area contributed by atoms with Gasteiger partial charge in [0.15, 0.2) is 0 Å². The van der Waals surface area contributed by atoms with E-state index < -0.39 is 0 Å². The van der Waals surface area contributed by atoms with E-state index in [4.69, 9.17) is 0 Å². The Morgan fingerprint density at radius 3 is 1.70 bits per heavy atom. The lowest BCUT2D eigenvalue weighted by Gasteiger charge is -2.30. The van der Waals surface area contributed by atoms with Crippen molar-refractivity contribution >= 4 is 47.8 Å². The van der Waals surface area contributed by atoms with Crippen molar-refractivity contribution in [2.24, 2.45) is 0 Å². The van der Waals surface area contributed by atoms with Gasteiger partial charge >= 0.3 is 0 Å². The normalized spacial score (nSPS) is 13.8. The minimum atomic E-state index is 0.0399. The molecule has 0 bridgehead atoms. The predicted octanol–water partition coefficient (Wildman–Crippen LogP) is 2.57. The maximum absolute atomic E-state index is 3.57. The largest absolute Gasteiger partial charge is 0.329 e. The predicted molar refractivity (Wildman–Crippen MR) is 57.3 cm³/mol. The van der Waals surface area contributed by atoms with Crippen molar-refractivity contribution in [3.8, 4) is 0 Å². The molecule has 0 saturated heterocycles. The Morgan fingerprint density at radius 1 is 1.20 bits per heavy atom. The molecule has 1 nitrogen and oxygen atoms in total. The van der Waals surface area contributed by atoms with Crippen molar-refractivity contribution in [2.75, 3.05) is 33.0 Å². The zero-order valence-corrected chi connectivity index (χ0v) is 11.3. The molecule has 0 aliphatic carbocycles. The minimum Gasteiger partial charge on any atom is -0.329 e. The van der Waals surface area contributed by atoms with Crippen molar-refractivity contribution < 1.29 is 4.48 Å². The maximum atomic E-state index is 3.57. The summed E-state index contributed by atoms with van der Waals surface area (Å²) >= 11 is 10.6. The van der Waals surface area contributed by atoms with Gasteiger partial charge in [0, 0.05) is 5.33 Å². The van der Waals surface area contributed by atoms with Gasteiger partial charge in [-0.25, -0.2) is 0 Å². The van der Waals surface area contributed by atoms with Crippen LogP contribution in [0.5, 0.6) is 0 Å². The highest BCUT2D eigenvalue weighted by atomic mass is 79.9. The van der Waals surface area contributed by atoms with Crippen LogP contribution in [-0.4, -0.2) is 40.7 Å². The molecule has 0 heterocycles. The third-order valence-corrected chi connectivity index (χ3v) is 4.43. The Morgan fingerprint density at radius 2 is 1.60 bits per heavy atom. The highest BCUT2D eigenvalue weighted by Gasteiger charge is 2.28. The lowest BCUT2D eigenvalue weighted by molar-refractivity contribution is -0.870. The molecule has 0 saturated carbocycles. The van der Waals surface area contributed by atoms with Crippen LogP contribution in [0.4, 0.5) is 0 Å². The first-order valence-corrected chi connectivity index (χ1v) is 5.72. The van der Waals surface area contributed by atoms with E-state index in [1.54, 1.807) is 0 Å². The number of hydrogen-bond acceptors (Lipinski definition) is 0. The van der Waals surface area contributed by atoms with Crippen LogP contribution in [0.3, 0.4) is 0 Å². The van der Waals surface area contributed by atoms with Crippen LogP contribution in [-0.2, 0) is 0 Å². The molecule has 0 aromatic carbocycles. The van der Waals surface area contributed by atoms with Crippen LogP contribution in [0.15, 0.2) is 0 Å². The molecule has 62 valence electrons. The van der Waals surface area contributed by atoms with Crippen molar-refractivity contribution in [2.45, 2.75) is 3.23 Å². The molecule has 0 atom stereocenters. The average Bonchev–Trinajstić information content (AvgIpc) is 1.60. The summed E-state index contributed by atoms with van der Waals surface area (Å²) in [7, 11) is 6.50. The first kappa shape index (κ1) is 11.4. The topological polar surface area (TPSA) is 0 Å². The number of alkyl halides is 3. The molecule has 0 aromatic heterocycles. The fraction of sp³-hybridized carbons (Fsp3) is 1.00. The van der Waals surface area contributed by atoms with E-state index in [0.717, 1.165) is 16.4 Å². The van der Waals surface area contributed by atoms with Crippen molar-refractivity contribution in [3.05, 3.63) is 0 Å². The van der Waals surface area contributed by atoms with E-state index >= 15 is 0 Å². The monoisotopic (exact) mass is 336 g/mol. The molecule has 0 aliphatic rings. The molecule has 4 heteroatoms. The maximum Gasteiger partial charge on any atom is 0.139 e. The SMILES string of the molecule is C[N+](C)(C)CC(Br)(Br)CBr. The summed E-state index contributed by atoms with van der Waals surface area (Å²) in [6, 6.07) is 0. The molecule has 0 amide bonds. The van der Waals surface area contributed by atoms with Gasteiger partial charge in [-0.1, -0.05) is 47.8 Å². The second-order valence-corrected chi connectivity index (χ2v) is 8.10. The van der Waals surface area contributed by atoms with E-state index in [0.29, 0.717) is 0 Å². The highest BCUT2D eigenvalue weighted by molar-refractivity contribution is 9.26. The van der Waals surface area contributed by atoms with Crippen LogP contribution < -0.4 is 0 Å². The Hall–Kier alpha value is 1.40. The van der Waals surface area contributed by atoms with Gasteiger partial charge in [-0.05, 0) is 0 Å². The zero-order chi connectivity index (χ0) is 8.41. The molecule has 0 unspecified atom stereocenters. The van der Waals surface area contributed by atoms with E-state index in [1.807, 2.05) is 0 Å². The molecule has 0 fully saturated rings. The standard InChI is InChI=1S/C6H13Br3N/c1-10(2,3)5-6(8,9)4-7/h4-5H2,1-3H3/q+1. The molecule has 0 aromatic rings. The average molecular weight is 339 g/mol. The second-order valence-electron chi connectivity index (χ2n) is 3.44. The molecular formula is C6H13Br3N+. The van der Waals surface area contributed by atoms with Gasteiger partial charge in [-0.15, -0.1) is 0 Å². The van der Waals surface area contributed by atoms with Gasteiger partial charge < -0.3 is 4.48 Å². The van der Waals surface area contributed by atoms with Crippen LogP contribution in [0.2, 0.25) is 0 Å². The van der Waals surface area contributed by atoms with Crippen molar-refractivity contribution in [1.29, 1.82) is 0 Å². The van der Waals surface area contributed by atoms with Gasteiger partial charge in [0.25, 0.3) is 0 Å². The first-order chi connectivity index (χ1) is 4.27. The molecule has 0 aliphatic heterocycles. The Kier molecular flexibility index (Phi) is 4.42. The van der Waals surface area contributed by atoms with Gasteiger partial charge in [0.05, 0.1) is 21.1 Å². The lowest BCUT2D eigenvalue weighted by atomic mass is 10.4. The molecular weight excluding hydrogens is 326 g/mol. The minimum absolute atomic E-state index is 0.0399. The molecule has 10 heavy (non-hydrogen) atoms. The number of nitrogens with zero attached hydrogens (tertiary/aromatic N) is 1. The zero-order valence-electron chi connectivity index (χ0n) is 6.50. The fourth-order valence-corrected chi connectivity index (χ4v) is 2.42. The van der Waals surface area contributed by atoms with Crippen LogP contribution in [0.1, 0.15) is 0 Å². The summed E-state index contributed by atoms with van der Waals surface area (Å²) in [6.45, 7) is 1.04. The van der Waals surface area contributed by atoms with Gasteiger partial charge in [0.1, 0.15) is 9.78 Å². The summed E-state index contributed by atoms with van der Waals surface area (Å²) in [5.74, 6) is 0. The Bertz CT molecular complexity index is 106. The summed E-state index contributed by atoms with van der Waals surface area (Å²) in [5.41, 5.74) is 0. The van der Waals surface area contributed by atoms with Gasteiger partial charge in [0.2, 0.25) is 0 Å². The number of halogens is 3. The molecule has 0 rings (SSSR count). The van der Waals surface area contributed by atoms with Crippen LogP contribution in [0, 0.1) is 0 Å². The Labute approximate surface area is 88.1 Å². The lowest BCUT2D eigenvalue weighted by Crippen LogP contribution is -2.43. The number of hydrogen-bond donors (Lipinski definition) is 0. The first-order valence-electron chi connectivity index (χ1n) is 3.01. The number of rotatable bonds is 3. The summed E-state index contributed by atoms with van der Waals surface area (Å²) < 4.78 is 0.986. The quantitative estimate of drug-likeness (QED) is 0.548. The summed E-state index contributed by atoms with van der Waals surface area (Å²) in [5, 5.41) is 0.912. The van der Waals surface area contributed by atoms with Crippen LogP contribution in [0.25, 0.3) is 0 Å². The smallest absolute Gasteiger partial charge is 0.139 e. The van der Waals surface area contributed by atoms with E-state index in [9.17, 15) is 0 Å². The fourth-order valence-electron chi connectivity index (χ4n) is 0.736. The van der Waals surface area contributed by atoms with Crippen molar-refractivity contribution in [3.63, 3.8) is 0 Å². The molecule has 0 spiro atoms. The highest BCUT2D eigenvalue weighted by Crippen LogP contribution is 2.30. The number of quaternary nitrogens is 1. The summed E-state index contributed by atoms with van der Waals surface area (Å²) in [6.07, 6.45) is 0. The van der Waals surface area contributed by atoms with E-state index in [-0.39, 0.29) is 3.23 Å². The van der Waals surface area contributed by atoms with Gasteiger partial charge in [-0.3, -0.25) is 0 Å². The van der Waals surface area contributed by atoms with Crippen LogP contribution >= 0.6 is 47.8 Å². The third kappa shape index (κ3) is 6.13. The molecule has 0 N–H and O–H groups in total.